The first-order valence-electron chi connectivity index (χ1n) is 6.26. The molecule has 0 aliphatic heterocycles. The fourth-order valence-corrected chi connectivity index (χ4v) is 1.81. The topological polar surface area (TPSA) is 44.4 Å². The lowest BCUT2D eigenvalue weighted by atomic mass is 10.1. The Labute approximate surface area is 130 Å². The predicted octanol–water partition coefficient (Wildman–Crippen LogP) is 2.88. The molecule has 1 amide bonds. The van der Waals surface area contributed by atoms with Gasteiger partial charge in [-0.05, 0) is 57.3 Å². The van der Waals surface area contributed by atoms with Crippen LogP contribution in [0.4, 0.5) is 5.69 Å². The van der Waals surface area contributed by atoms with Crippen LogP contribution in [0.15, 0.2) is 24.3 Å². The van der Waals surface area contributed by atoms with Gasteiger partial charge in [0.2, 0.25) is 5.91 Å². The van der Waals surface area contributed by atoms with Gasteiger partial charge in [-0.15, -0.1) is 0 Å². The second-order valence-corrected chi connectivity index (χ2v) is 6.41. The van der Waals surface area contributed by atoms with E-state index in [1.54, 1.807) is 24.1 Å². The minimum absolute atomic E-state index is 0.0692. The van der Waals surface area contributed by atoms with Crippen molar-refractivity contribution in [3.63, 3.8) is 0 Å². The lowest BCUT2D eigenvalue weighted by Crippen LogP contribution is -2.47. The molecule has 0 fully saturated rings. The van der Waals surface area contributed by atoms with E-state index >= 15 is 0 Å². The zero-order chi connectivity index (χ0) is 15.3. The highest BCUT2D eigenvalue weighted by Crippen LogP contribution is 2.13. The van der Waals surface area contributed by atoms with Crippen LogP contribution in [0.5, 0.6) is 0 Å². The van der Waals surface area contributed by atoms with Crippen LogP contribution in [-0.2, 0) is 4.79 Å². The fourth-order valence-electron chi connectivity index (χ4n) is 1.50. The van der Waals surface area contributed by atoms with Gasteiger partial charge in [-0.2, -0.15) is 0 Å². The number of anilines is 1. The molecule has 0 bridgehead atoms. The summed E-state index contributed by atoms with van der Waals surface area (Å²) in [6, 6.07) is 7.22. The smallest absolute Gasteiger partial charge is 0.239 e. The minimum Gasteiger partial charge on any atom is -0.350 e. The van der Waals surface area contributed by atoms with Gasteiger partial charge in [0.15, 0.2) is 5.11 Å². The summed E-state index contributed by atoms with van der Waals surface area (Å²) in [5.74, 6) is -0.0692. The van der Waals surface area contributed by atoms with Crippen LogP contribution in [0.1, 0.15) is 20.8 Å². The molecule has 6 heteroatoms. The standard InChI is InChI=1S/C14H20ClN3OS/c1-14(2,3)17-12(19)9-18(4)13(20)16-11-7-5-10(15)6-8-11/h5-8H,9H2,1-4H3,(H,16,20)(H,17,19). The second kappa shape index (κ2) is 6.90. The van der Waals surface area contributed by atoms with E-state index < -0.39 is 0 Å². The first-order valence-corrected chi connectivity index (χ1v) is 7.05. The molecular formula is C14H20ClN3OS. The first kappa shape index (κ1) is 16.7. The van der Waals surface area contributed by atoms with Crippen LogP contribution in [0, 0.1) is 0 Å². The minimum atomic E-state index is -0.247. The molecule has 1 aromatic carbocycles. The number of hydrogen-bond donors (Lipinski definition) is 2. The second-order valence-electron chi connectivity index (χ2n) is 5.59. The lowest BCUT2D eigenvalue weighted by molar-refractivity contribution is -0.122. The van der Waals surface area contributed by atoms with Gasteiger partial charge in [0.25, 0.3) is 0 Å². The van der Waals surface area contributed by atoms with Crippen molar-refractivity contribution in [2.24, 2.45) is 0 Å². The molecule has 110 valence electrons. The molecule has 1 aromatic rings. The number of carbonyl (C=O) groups excluding carboxylic acids is 1. The van der Waals surface area contributed by atoms with Gasteiger partial charge in [-0.1, -0.05) is 11.6 Å². The Morgan fingerprint density at radius 1 is 1.30 bits per heavy atom. The Kier molecular flexibility index (Phi) is 5.77. The summed E-state index contributed by atoms with van der Waals surface area (Å²) in [6.07, 6.45) is 0. The van der Waals surface area contributed by atoms with Gasteiger partial charge in [0.05, 0.1) is 6.54 Å². The summed E-state index contributed by atoms with van der Waals surface area (Å²) in [4.78, 5) is 13.5. The maximum Gasteiger partial charge on any atom is 0.239 e. The molecule has 1 rings (SSSR count). The average molecular weight is 314 g/mol. The molecular weight excluding hydrogens is 294 g/mol. The predicted molar refractivity (Wildman–Crippen MR) is 88.2 cm³/mol. The zero-order valence-corrected chi connectivity index (χ0v) is 13.7. The van der Waals surface area contributed by atoms with Crippen molar-refractivity contribution in [2.75, 3.05) is 18.9 Å². The van der Waals surface area contributed by atoms with Crippen molar-refractivity contribution in [1.29, 1.82) is 0 Å². The molecule has 0 saturated carbocycles. The number of benzene rings is 1. The molecule has 0 aromatic heterocycles. The Bertz CT molecular complexity index is 482. The number of hydrogen-bond acceptors (Lipinski definition) is 2. The number of thiocarbonyl (C=S) groups is 1. The lowest BCUT2D eigenvalue weighted by Gasteiger charge is -2.25. The van der Waals surface area contributed by atoms with Gasteiger partial charge in [-0.3, -0.25) is 4.79 Å². The maximum absolute atomic E-state index is 11.8. The quantitative estimate of drug-likeness (QED) is 0.842. The SMILES string of the molecule is CN(CC(=O)NC(C)(C)C)C(=S)Nc1ccc(Cl)cc1. The highest BCUT2D eigenvalue weighted by atomic mass is 35.5. The Balaban J connectivity index is 2.51. The number of carbonyl (C=O) groups is 1. The van der Waals surface area contributed by atoms with E-state index in [1.165, 1.54) is 0 Å². The molecule has 0 saturated heterocycles. The van der Waals surface area contributed by atoms with Crippen LogP contribution in [0.25, 0.3) is 0 Å². The van der Waals surface area contributed by atoms with Gasteiger partial charge in [0.1, 0.15) is 0 Å². The Morgan fingerprint density at radius 2 is 1.85 bits per heavy atom. The summed E-state index contributed by atoms with van der Waals surface area (Å²) in [5, 5.41) is 7.10. The van der Waals surface area contributed by atoms with Crippen molar-refractivity contribution >= 4 is 40.5 Å². The van der Waals surface area contributed by atoms with Crippen molar-refractivity contribution in [2.45, 2.75) is 26.3 Å². The summed E-state index contributed by atoms with van der Waals surface area (Å²) in [7, 11) is 1.77. The molecule has 0 spiro atoms. The molecule has 0 radical (unpaired) electrons. The van der Waals surface area contributed by atoms with Gasteiger partial charge in [-0.25, -0.2) is 0 Å². The van der Waals surface area contributed by atoms with Gasteiger partial charge >= 0.3 is 0 Å². The number of nitrogens with zero attached hydrogens (tertiary/aromatic N) is 1. The van der Waals surface area contributed by atoms with E-state index in [4.69, 9.17) is 23.8 Å². The van der Waals surface area contributed by atoms with E-state index in [1.807, 2.05) is 32.9 Å². The van der Waals surface area contributed by atoms with Gasteiger partial charge < -0.3 is 15.5 Å². The zero-order valence-electron chi connectivity index (χ0n) is 12.2. The summed E-state index contributed by atoms with van der Waals surface area (Å²) >= 11 is 11.1. The first-order chi connectivity index (χ1) is 9.17. The third kappa shape index (κ3) is 6.21. The number of amides is 1. The van der Waals surface area contributed by atoms with E-state index in [0.717, 1.165) is 5.69 Å². The summed E-state index contributed by atoms with van der Waals surface area (Å²) in [6.45, 7) is 6.02. The van der Waals surface area contributed by atoms with Crippen molar-refractivity contribution in [1.82, 2.24) is 10.2 Å². The molecule has 4 nitrogen and oxygen atoms in total. The van der Waals surface area contributed by atoms with Crippen LogP contribution in [0.2, 0.25) is 5.02 Å². The van der Waals surface area contributed by atoms with Gasteiger partial charge in [0, 0.05) is 23.3 Å². The van der Waals surface area contributed by atoms with E-state index in [0.29, 0.717) is 10.1 Å². The van der Waals surface area contributed by atoms with Crippen molar-refractivity contribution in [3.05, 3.63) is 29.3 Å². The molecule has 2 N–H and O–H groups in total. The van der Waals surface area contributed by atoms with E-state index in [2.05, 4.69) is 10.6 Å². The average Bonchev–Trinajstić information content (AvgIpc) is 2.29. The van der Waals surface area contributed by atoms with Crippen molar-refractivity contribution in [3.8, 4) is 0 Å². The van der Waals surface area contributed by atoms with E-state index in [-0.39, 0.29) is 18.0 Å². The van der Waals surface area contributed by atoms with Crippen LogP contribution < -0.4 is 10.6 Å². The number of likely N-dealkylation sites (N-methyl/N-ethyl adjacent to an activating group) is 1. The normalized spacial score (nSPS) is 10.8. The highest BCUT2D eigenvalue weighted by molar-refractivity contribution is 7.80. The van der Waals surface area contributed by atoms with Crippen molar-refractivity contribution < 1.29 is 4.79 Å². The Hall–Kier alpha value is -1.33. The molecule has 0 atom stereocenters. The third-order valence-electron chi connectivity index (χ3n) is 2.34. The number of nitrogens with one attached hydrogen (secondary N) is 2. The van der Waals surface area contributed by atoms with E-state index in [9.17, 15) is 4.79 Å². The maximum atomic E-state index is 11.8. The van der Waals surface area contributed by atoms with Crippen LogP contribution in [0.3, 0.4) is 0 Å². The Morgan fingerprint density at radius 3 is 2.35 bits per heavy atom. The third-order valence-corrected chi connectivity index (χ3v) is 3.00. The largest absolute Gasteiger partial charge is 0.350 e. The molecule has 20 heavy (non-hydrogen) atoms. The fraction of sp³-hybridized carbons (Fsp3) is 0.429. The van der Waals surface area contributed by atoms with Crippen LogP contribution in [-0.4, -0.2) is 35.1 Å². The monoisotopic (exact) mass is 313 g/mol. The molecule has 0 aliphatic carbocycles. The van der Waals surface area contributed by atoms with Crippen LogP contribution >= 0.6 is 23.8 Å². The molecule has 0 unspecified atom stereocenters. The highest BCUT2D eigenvalue weighted by Gasteiger charge is 2.16. The molecule has 0 aliphatic rings. The number of rotatable bonds is 3. The summed E-state index contributed by atoms with van der Waals surface area (Å²) in [5.41, 5.74) is 0.589. The molecule has 0 heterocycles. The number of halogens is 1. The summed E-state index contributed by atoms with van der Waals surface area (Å²) < 4.78 is 0.